The summed E-state index contributed by atoms with van der Waals surface area (Å²) in [5.74, 6) is -0.245. The molecule has 0 fully saturated rings. The van der Waals surface area contributed by atoms with Crippen LogP contribution in [0, 0.1) is 11.7 Å². The molecule has 0 aliphatic rings. The molecule has 1 aromatic rings. The molecular weight excluding hydrogens is 209 g/mol. The molecule has 0 spiro atoms. The van der Waals surface area contributed by atoms with E-state index in [4.69, 9.17) is 10.5 Å². The Kier molecular flexibility index (Phi) is 3.88. The molecule has 1 unspecified atom stereocenters. The molecule has 0 aliphatic carbocycles. The second-order valence-electron chi connectivity index (χ2n) is 4.13. The fourth-order valence-corrected chi connectivity index (χ4v) is 1.63. The van der Waals surface area contributed by atoms with Gasteiger partial charge in [0.05, 0.1) is 7.11 Å². The van der Waals surface area contributed by atoms with E-state index in [1.54, 1.807) is 19.9 Å². The normalized spacial score (nSPS) is 14.9. The highest BCUT2D eigenvalue weighted by Crippen LogP contribution is 2.31. The van der Waals surface area contributed by atoms with Gasteiger partial charge in [-0.1, -0.05) is 13.8 Å². The third-order valence-electron chi connectivity index (χ3n) is 2.91. The molecular formula is C12H18FNO2. The minimum absolute atomic E-state index is 0.0199. The van der Waals surface area contributed by atoms with Crippen LogP contribution in [0.15, 0.2) is 18.2 Å². The van der Waals surface area contributed by atoms with Gasteiger partial charge in [-0.25, -0.2) is 4.39 Å². The first kappa shape index (κ1) is 12.9. The van der Waals surface area contributed by atoms with Crippen LogP contribution >= 0.6 is 0 Å². The number of halogens is 1. The highest BCUT2D eigenvalue weighted by molar-refractivity contribution is 5.33. The zero-order chi connectivity index (χ0) is 12.3. The molecule has 1 atom stereocenters. The lowest BCUT2D eigenvalue weighted by Crippen LogP contribution is -2.40. The second kappa shape index (κ2) is 4.80. The van der Waals surface area contributed by atoms with Crippen LogP contribution in [0.1, 0.15) is 19.4 Å². The van der Waals surface area contributed by atoms with Crippen molar-refractivity contribution >= 4 is 0 Å². The van der Waals surface area contributed by atoms with E-state index in [0.29, 0.717) is 5.75 Å². The third kappa shape index (κ3) is 2.18. The standard InChI is InChI=1S/C12H18FNO2/c1-8(2)12(15,7-14)10-5-4-9(16-3)6-11(10)13/h4-6,8,15H,7,14H2,1-3H3. The zero-order valence-electron chi connectivity index (χ0n) is 9.83. The van der Waals surface area contributed by atoms with Crippen LogP contribution in [-0.4, -0.2) is 18.8 Å². The van der Waals surface area contributed by atoms with Crippen molar-refractivity contribution in [3.63, 3.8) is 0 Å². The van der Waals surface area contributed by atoms with Gasteiger partial charge in [0.15, 0.2) is 0 Å². The number of benzene rings is 1. The molecule has 0 bridgehead atoms. The molecule has 0 saturated carbocycles. The van der Waals surface area contributed by atoms with Crippen molar-refractivity contribution < 1.29 is 14.2 Å². The molecule has 16 heavy (non-hydrogen) atoms. The Morgan fingerprint density at radius 2 is 2.12 bits per heavy atom. The summed E-state index contributed by atoms with van der Waals surface area (Å²) in [4.78, 5) is 0. The van der Waals surface area contributed by atoms with E-state index < -0.39 is 11.4 Å². The molecule has 1 aromatic carbocycles. The van der Waals surface area contributed by atoms with Crippen molar-refractivity contribution in [1.82, 2.24) is 0 Å². The van der Waals surface area contributed by atoms with Crippen LogP contribution in [0.25, 0.3) is 0 Å². The Labute approximate surface area is 95.0 Å². The molecule has 3 nitrogen and oxygen atoms in total. The fraction of sp³-hybridized carbons (Fsp3) is 0.500. The topological polar surface area (TPSA) is 55.5 Å². The zero-order valence-corrected chi connectivity index (χ0v) is 9.83. The lowest BCUT2D eigenvalue weighted by Gasteiger charge is -2.31. The molecule has 90 valence electrons. The van der Waals surface area contributed by atoms with Crippen LogP contribution in [0.2, 0.25) is 0 Å². The van der Waals surface area contributed by atoms with Crippen LogP contribution in [-0.2, 0) is 5.60 Å². The summed E-state index contributed by atoms with van der Waals surface area (Å²) in [6, 6.07) is 4.38. The average Bonchev–Trinajstić information content (AvgIpc) is 2.27. The van der Waals surface area contributed by atoms with E-state index in [1.165, 1.54) is 19.2 Å². The van der Waals surface area contributed by atoms with Crippen LogP contribution < -0.4 is 10.5 Å². The monoisotopic (exact) mass is 227 g/mol. The van der Waals surface area contributed by atoms with Crippen LogP contribution in [0.3, 0.4) is 0 Å². The number of hydrogen-bond acceptors (Lipinski definition) is 3. The van der Waals surface area contributed by atoms with Crippen molar-refractivity contribution in [2.45, 2.75) is 19.4 Å². The van der Waals surface area contributed by atoms with Gasteiger partial charge in [-0.2, -0.15) is 0 Å². The quantitative estimate of drug-likeness (QED) is 0.822. The highest BCUT2D eigenvalue weighted by Gasteiger charge is 2.34. The lowest BCUT2D eigenvalue weighted by molar-refractivity contribution is -0.00437. The van der Waals surface area contributed by atoms with E-state index >= 15 is 0 Å². The minimum atomic E-state index is -1.34. The SMILES string of the molecule is COc1ccc(C(O)(CN)C(C)C)c(F)c1. The summed E-state index contributed by atoms with van der Waals surface area (Å²) in [6.07, 6.45) is 0. The Balaban J connectivity index is 3.21. The van der Waals surface area contributed by atoms with Gasteiger partial charge in [-0.3, -0.25) is 0 Å². The Morgan fingerprint density at radius 1 is 1.50 bits per heavy atom. The number of nitrogens with two attached hydrogens (primary N) is 1. The number of methoxy groups -OCH3 is 1. The van der Waals surface area contributed by atoms with Crippen molar-refractivity contribution in [3.8, 4) is 5.75 Å². The Hall–Kier alpha value is -1.13. The Bertz CT molecular complexity index is 368. The first-order valence-electron chi connectivity index (χ1n) is 5.22. The fourth-order valence-electron chi connectivity index (χ4n) is 1.63. The highest BCUT2D eigenvalue weighted by atomic mass is 19.1. The smallest absolute Gasteiger partial charge is 0.133 e. The molecule has 3 N–H and O–H groups in total. The molecule has 0 heterocycles. The van der Waals surface area contributed by atoms with E-state index in [9.17, 15) is 9.50 Å². The number of ether oxygens (including phenoxy) is 1. The molecule has 1 rings (SSSR count). The van der Waals surface area contributed by atoms with Crippen molar-refractivity contribution in [1.29, 1.82) is 0 Å². The third-order valence-corrected chi connectivity index (χ3v) is 2.91. The van der Waals surface area contributed by atoms with Crippen molar-refractivity contribution in [2.75, 3.05) is 13.7 Å². The number of rotatable bonds is 4. The molecule has 0 amide bonds. The molecule has 0 radical (unpaired) electrons. The maximum absolute atomic E-state index is 13.8. The van der Waals surface area contributed by atoms with Crippen LogP contribution in [0.5, 0.6) is 5.75 Å². The largest absolute Gasteiger partial charge is 0.497 e. The van der Waals surface area contributed by atoms with Gasteiger partial charge < -0.3 is 15.6 Å². The molecule has 0 aromatic heterocycles. The maximum atomic E-state index is 13.8. The molecule has 4 heteroatoms. The second-order valence-corrected chi connectivity index (χ2v) is 4.13. The lowest BCUT2D eigenvalue weighted by atomic mass is 9.83. The van der Waals surface area contributed by atoms with Crippen molar-refractivity contribution in [2.24, 2.45) is 11.7 Å². The number of aliphatic hydroxyl groups is 1. The van der Waals surface area contributed by atoms with E-state index in [2.05, 4.69) is 0 Å². The van der Waals surface area contributed by atoms with Gasteiger partial charge in [0, 0.05) is 18.2 Å². The van der Waals surface area contributed by atoms with Gasteiger partial charge in [0.1, 0.15) is 17.2 Å². The van der Waals surface area contributed by atoms with Gasteiger partial charge in [0.25, 0.3) is 0 Å². The summed E-state index contributed by atoms with van der Waals surface area (Å²) < 4.78 is 18.7. The minimum Gasteiger partial charge on any atom is -0.497 e. The number of hydrogen-bond donors (Lipinski definition) is 2. The van der Waals surface area contributed by atoms with Crippen LogP contribution in [0.4, 0.5) is 4.39 Å². The first-order chi connectivity index (χ1) is 7.45. The van der Waals surface area contributed by atoms with Gasteiger partial charge in [-0.05, 0) is 18.1 Å². The summed E-state index contributed by atoms with van der Waals surface area (Å²) in [5, 5.41) is 10.3. The predicted octanol–water partition coefficient (Wildman–Crippen LogP) is 1.64. The van der Waals surface area contributed by atoms with E-state index in [0.717, 1.165) is 0 Å². The summed E-state index contributed by atoms with van der Waals surface area (Å²) in [5.41, 5.74) is 4.41. The predicted molar refractivity (Wildman–Crippen MR) is 60.7 cm³/mol. The average molecular weight is 227 g/mol. The first-order valence-corrected chi connectivity index (χ1v) is 5.22. The summed E-state index contributed by atoms with van der Waals surface area (Å²) >= 11 is 0. The van der Waals surface area contributed by atoms with Gasteiger partial charge >= 0.3 is 0 Å². The Morgan fingerprint density at radius 3 is 2.50 bits per heavy atom. The van der Waals surface area contributed by atoms with Gasteiger partial charge in [0.2, 0.25) is 0 Å². The summed E-state index contributed by atoms with van der Waals surface area (Å²) in [6.45, 7) is 3.58. The maximum Gasteiger partial charge on any atom is 0.133 e. The molecule has 0 saturated heterocycles. The van der Waals surface area contributed by atoms with Crippen molar-refractivity contribution in [3.05, 3.63) is 29.6 Å². The molecule has 0 aliphatic heterocycles. The van der Waals surface area contributed by atoms with E-state index in [1.807, 2.05) is 0 Å². The van der Waals surface area contributed by atoms with Gasteiger partial charge in [-0.15, -0.1) is 0 Å². The summed E-state index contributed by atoms with van der Waals surface area (Å²) in [7, 11) is 1.46. The van der Waals surface area contributed by atoms with E-state index in [-0.39, 0.29) is 18.0 Å².